The summed E-state index contributed by atoms with van der Waals surface area (Å²) in [5, 5.41) is 54.1. The Kier molecular flexibility index (Phi) is 48.7. The maximum Gasteiger partial charge on any atom is 0.220 e. The van der Waals surface area contributed by atoms with E-state index in [0.29, 0.717) is 6.42 Å². The number of carbonyl (C=O) groups is 1. The molecule has 1 fully saturated rings. The quantitative estimate of drug-likeness (QED) is 0.0261. The van der Waals surface area contributed by atoms with Crippen LogP contribution in [0, 0.1) is 0 Å². The Bertz CT molecular complexity index is 1150. The second kappa shape index (κ2) is 51.2. The number of rotatable bonds is 53. The van der Waals surface area contributed by atoms with Gasteiger partial charge < -0.3 is 40.3 Å². The summed E-state index contributed by atoms with van der Waals surface area (Å²) in [6.45, 7) is 3.71. The molecule has 1 heterocycles. The predicted molar refractivity (Wildman–Crippen MR) is 295 cm³/mol. The molecule has 1 saturated heterocycles. The number of allylic oxidation sites excluding steroid dienone is 3. The zero-order valence-electron chi connectivity index (χ0n) is 46.0. The lowest BCUT2D eigenvalue weighted by molar-refractivity contribution is -0.302. The summed E-state index contributed by atoms with van der Waals surface area (Å²) in [5.41, 5.74) is 0. The lowest BCUT2D eigenvalue weighted by Crippen LogP contribution is -2.60. The summed E-state index contributed by atoms with van der Waals surface area (Å²) in [7, 11) is 0. The van der Waals surface area contributed by atoms with E-state index in [0.717, 1.165) is 44.9 Å². The zero-order valence-corrected chi connectivity index (χ0v) is 46.0. The van der Waals surface area contributed by atoms with E-state index in [4.69, 9.17) is 9.47 Å². The number of unbranched alkanes of at least 4 members (excludes halogenated alkanes) is 41. The Hall–Kier alpha value is -1.33. The van der Waals surface area contributed by atoms with E-state index in [1.54, 1.807) is 6.08 Å². The molecule has 0 aliphatic carbocycles. The van der Waals surface area contributed by atoms with E-state index < -0.39 is 49.5 Å². The van der Waals surface area contributed by atoms with Crippen LogP contribution in [0.5, 0.6) is 0 Å². The fourth-order valence-electron chi connectivity index (χ4n) is 9.93. The molecule has 70 heavy (non-hydrogen) atoms. The first kappa shape index (κ1) is 66.7. The highest BCUT2D eigenvalue weighted by Gasteiger charge is 2.44. The molecule has 0 spiro atoms. The Balaban J connectivity index is 1.95. The van der Waals surface area contributed by atoms with Crippen molar-refractivity contribution in [3.63, 3.8) is 0 Å². The molecule has 0 bridgehead atoms. The van der Waals surface area contributed by atoms with Gasteiger partial charge in [-0.25, -0.2) is 0 Å². The predicted octanol–water partition coefficient (Wildman–Crippen LogP) is 15.4. The second-order valence-electron chi connectivity index (χ2n) is 21.5. The van der Waals surface area contributed by atoms with Crippen molar-refractivity contribution in [2.45, 2.75) is 346 Å². The Morgan fingerprint density at radius 2 is 0.814 bits per heavy atom. The molecule has 0 aromatic rings. The fraction of sp³-hybridized carbons (Fsp3) is 0.918. The van der Waals surface area contributed by atoms with Crippen molar-refractivity contribution in [3.05, 3.63) is 24.3 Å². The third-order valence-corrected chi connectivity index (χ3v) is 14.8. The lowest BCUT2D eigenvalue weighted by atomic mass is 9.99. The first-order chi connectivity index (χ1) is 34.3. The molecule has 1 rings (SSSR count). The van der Waals surface area contributed by atoms with Crippen molar-refractivity contribution < 1.29 is 39.8 Å². The zero-order chi connectivity index (χ0) is 50.8. The summed E-state index contributed by atoms with van der Waals surface area (Å²) >= 11 is 0. The Labute approximate surface area is 432 Å². The van der Waals surface area contributed by atoms with Gasteiger partial charge in [0, 0.05) is 6.42 Å². The largest absolute Gasteiger partial charge is 0.394 e. The van der Waals surface area contributed by atoms with E-state index in [1.807, 2.05) is 6.08 Å². The third-order valence-electron chi connectivity index (χ3n) is 14.8. The summed E-state index contributed by atoms with van der Waals surface area (Å²) < 4.78 is 11.2. The summed E-state index contributed by atoms with van der Waals surface area (Å²) in [5.74, 6) is -0.185. The van der Waals surface area contributed by atoms with Crippen LogP contribution in [0.15, 0.2) is 24.3 Å². The molecule has 1 amide bonds. The van der Waals surface area contributed by atoms with Crippen LogP contribution < -0.4 is 5.32 Å². The van der Waals surface area contributed by atoms with Gasteiger partial charge in [0.1, 0.15) is 24.4 Å². The van der Waals surface area contributed by atoms with Crippen molar-refractivity contribution in [1.29, 1.82) is 0 Å². The molecular weight excluding hydrogens is 875 g/mol. The van der Waals surface area contributed by atoms with Crippen LogP contribution in [0.4, 0.5) is 0 Å². The minimum Gasteiger partial charge on any atom is -0.394 e. The van der Waals surface area contributed by atoms with Gasteiger partial charge in [-0.1, -0.05) is 295 Å². The topological polar surface area (TPSA) is 149 Å². The van der Waals surface area contributed by atoms with Crippen molar-refractivity contribution in [2.75, 3.05) is 13.2 Å². The van der Waals surface area contributed by atoms with Crippen LogP contribution >= 0.6 is 0 Å². The normalized spacial score (nSPS) is 19.4. The number of hydrogen-bond acceptors (Lipinski definition) is 8. The highest BCUT2D eigenvalue weighted by Crippen LogP contribution is 2.23. The average Bonchev–Trinajstić information content (AvgIpc) is 3.36. The highest BCUT2D eigenvalue weighted by molar-refractivity contribution is 5.76. The number of aliphatic hydroxyl groups excluding tert-OH is 5. The highest BCUT2D eigenvalue weighted by atomic mass is 16.7. The first-order valence-corrected chi connectivity index (χ1v) is 30.6. The molecule has 0 saturated carbocycles. The minimum atomic E-state index is -1.57. The summed E-state index contributed by atoms with van der Waals surface area (Å²) in [4.78, 5) is 13.0. The standard InChI is InChI=1S/C61H117NO8/c1-3-5-7-9-11-13-14-15-16-17-18-19-20-21-22-23-24-25-26-27-28-29-30-31-32-33-34-35-36-37-38-39-40-41-42-43-45-47-49-51-57(65)62-54(55(64)50-48-46-44-12-10-8-6-4-2)53-69-61-60(68)59(67)58(66)56(52-63)70-61/h10,12,48,50,54-56,58-61,63-64,66-68H,3-9,11,13-47,49,51-53H2,1-2H3,(H,62,65)/b12-10+,50-48+. The first-order valence-electron chi connectivity index (χ1n) is 30.6. The average molecular weight is 993 g/mol. The SMILES string of the molecule is CCCC/C=C/CC/C=C/C(O)C(COC1OC(CO)C(O)C(O)C1O)NC(=O)CCCCCCCCCCCCCCCCCCCCCCCCCCCCCCCCCCCCCCCCC. The molecule has 6 N–H and O–H groups in total. The minimum absolute atomic E-state index is 0.185. The van der Waals surface area contributed by atoms with Crippen LogP contribution in [-0.4, -0.2) is 87.5 Å². The number of nitrogens with one attached hydrogen (secondary N) is 1. The van der Waals surface area contributed by atoms with Gasteiger partial charge in [-0.05, 0) is 25.7 Å². The van der Waals surface area contributed by atoms with E-state index in [9.17, 15) is 30.3 Å². The van der Waals surface area contributed by atoms with Crippen LogP contribution in [0.3, 0.4) is 0 Å². The molecule has 0 aromatic heterocycles. The summed E-state index contributed by atoms with van der Waals surface area (Å²) in [6.07, 6.45) is 59.1. The van der Waals surface area contributed by atoms with Crippen molar-refractivity contribution >= 4 is 5.91 Å². The van der Waals surface area contributed by atoms with Gasteiger partial charge >= 0.3 is 0 Å². The van der Waals surface area contributed by atoms with Crippen molar-refractivity contribution in [1.82, 2.24) is 5.32 Å². The molecule has 7 atom stereocenters. The molecule has 0 radical (unpaired) electrons. The monoisotopic (exact) mass is 992 g/mol. The number of aliphatic hydroxyl groups is 5. The van der Waals surface area contributed by atoms with Gasteiger partial charge in [0.05, 0.1) is 25.4 Å². The van der Waals surface area contributed by atoms with Gasteiger partial charge in [0.2, 0.25) is 5.91 Å². The van der Waals surface area contributed by atoms with E-state index in [2.05, 4.69) is 31.3 Å². The van der Waals surface area contributed by atoms with Crippen LogP contribution in [0.2, 0.25) is 0 Å². The molecule has 7 unspecified atom stereocenters. The van der Waals surface area contributed by atoms with Gasteiger partial charge in [-0.15, -0.1) is 0 Å². The Morgan fingerprint density at radius 3 is 1.19 bits per heavy atom. The number of amides is 1. The van der Waals surface area contributed by atoms with E-state index in [-0.39, 0.29) is 12.5 Å². The molecule has 414 valence electrons. The van der Waals surface area contributed by atoms with Gasteiger partial charge in [-0.2, -0.15) is 0 Å². The smallest absolute Gasteiger partial charge is 0.220 e. The third kappa shape index (κ3) is 40.1. The Morgan fingerprint density at radius 1 is 0.471 bits per heavy atom. The number of carbonyl (C=O) groups excluding carboxylic acids is 1. The number of ether oxygens (including phenoxy) is 2. The summed E-state index contributed by atoms with van der Waals surface area (Å²) in [6, 6.07) is -0.816. The molecule has 0 aromatic carbocycles. The second-order valence-corrected chi connectivity index (χ2v) is 21.5. The fourth-order valence-corrected chi connectivity index (χ4v) is 9.93. The van der Waals surface area contributed by atoms with Crippen molar-refractivity contribution in [2.24, 2.45) is 0 Å². The molecular formula is C61H117NO8. The molecule has 9 nitrogen and oxygen atoms in total. The van der Waals surface area contributed by atoms with Gasteiger partial charge in [0.25, 0.3) is 0 Å². The maximum absolute atomic E-state index is 13.0. The van der Waals surface area contributed by atoms with Gasteiger partial charge in [0.15, 0.2) is 6.29 Å². The molecule has 1 aliphatic heterocycles. The number of hydrogen-bond donors (Lipinski definition) is 6. The van der Waals surface area contributed by atoms with E-state index in [1.165, 1.54) is 238 Å². The van der Waals surface area contributed by atoms with Crippen LogP contribution in [0.25, 0.3) is 0 Å². The molecule has 9 heteroatoms. The van der Waals surface area contributed by atoms with Gasteiger partial charge in [-0.3, -0.25) is 4.79 Å². The van der Waals surface area contributed by atoms with E-state index >= 15 is 0 Å². The molecule has 1 aliphatic rings. The van der Waals surface area contributed by atoms with Crippen LogP contribution in [-0.2, 0) is 14.3 Å². The lowest BCUT2D eigenvalue weighted by Gasteiger charge is -2.40. The van der Waals surface area contributed by atoms with Crippen molar-refractivity contribution in [3.8, 4) is 0 Å². The maximum atomic E-state index is 13.0. The van der Waals surface area contributed by atoms with Crippen LogP contribution in [0.1, 0.15) is 303 Å².